The molecule has 0 aromatic heterocycles. The van der Waals surface area contributed by atoms with Crippen LogP contribution < -0.4 is 0 Å². The highest BCUT2D eigenvalue weighted by atomic mass is 28.1. The Labute approximate surface area is 92.3 Å². The number of ether oxygens (including phenoxy) is 1. The first-order valence-electron chi connectivity index (χ1n) is 5.76. The largest absolute Gasteiger partial charge is 0.377 e. The van der Waals surface area contributed by atoms with Gasteiger partial charge in [-0.15, -0.1) is 0 Å². The first-order valence-corrected chi connectivity index (χ1v) is 6.76. The van der Waals surface area contributed by atoms with Crippen LogP contribution in [0.25, 0.3) is 0 Å². The fourth-order valence-corrected chi connectivity index (χ4v) is 1.80. The third-order valence-electron chi connectivity index (χ3n) is 3.12. The summed E-state index contributed by atoms with van der Waals surface area (Å²) in [5.74, 6) is 0. The summed E-state index contributed by atoms with van der Waals surface area (Å²) in [4.78, 5) is 0. The maximum Gasteiger partial charge on any atom is 0.0671 e. The number of rotatable bonds is 8. The molecular weight excluding hydrogens is 188 g/mol. The van der Waals surface area contributed by atoms with E-state index in [0.29, 0.717) is 5.04 Å². The van der Waals surface area contributed by atoms with Gasteiger partial charge in [-0.05, 0) is 24.8 Å². The summed E-state index contributed by atoms with van der Waals surface area (Å²) in [6.45, 7) is 12.1. The second-order valence-electron chi connectivity index (χ2n) is 4.63. The number of hydrogen-bond acceptors (Lipinski definition) is 1. The van der Waals surface area contributed by atoms with Crippen LogP contribution in [-0.2, 0) is 4.74 Å². The van der Waals surface area contributed by atoms with Gasteiger partial charge in [-0.3, -0.25) is 0 Å². The molecule has 14 heavy (non-hydrogen) atoms. The molecule has 0 fully saturated rings. The fraction of sp³-hybridized carbons (Fsp3) is 0.833. The van der Waals surface area contributed by atoms with E-state index in [0.717, 1.165) is 18.8 Å². The van der Waals surface area contributed by atoms with Crippen LogP contribution >= 0.6 is 0 Å². The molecule has 84 valence electrons. The molecule has 0 aliphatic heterocycles. The summed E-state index contributed by atoms with van der Waals surface area (Å²) >= 11 is 0. The summed E-state index contributed by atoms with van der Waals surface area (Å²) in [6, 6.07) is 0. The monoisotopic (exact) mass is 214 g/mol. The minimum atomic E-state index is 0.659. The molecule has 0 aromatic carbocycles. The Morgan fingerprint density at radius 2 is 1.93 bits per heavy atom. The van der Waals surface area contributed by atoms with Gasteiger partial charge in [-0.25, -0.2) is 0 Å². The van der Waals surface area contributed by atoms with Crippen LogP contribution in [0.4, 0.5) is 0 Å². The maximum absolute atomic E-state index is 5.50. The molecule has 0 rings (SSSR count). The number of hydrogen-bond donors (Lipinski definition) is 0. The molecule has 0 heterocycles. The first kappa shape index (κ1) is 13.9. The van der Waals surface area contributed by atoms with Crippen LogP contribution in [0, 0.1) is 0 Å². The smallest absolute Gasteiger partial charge is 0.0671 e. The highest BCUT2D eigenvalue weighted by Gasteiger charge is 2.18. The van der Waals surface area contributed by atoms with Crippen LogP contribution in [0.5, 0.6) is 0 Å². The molecule has 0 saturated heterocycles. The minimum absolute atomic E-state index is 0.659. The van der Waals surface area contributed by atoms with Gasteiger partial charge in [0, 0.05) is 16.8 Å². The topological polar surface area (TPSA) is 9.23 Å². The van der Waals surface area contributed by atoms with Gasteiger partial charge in [-0.1, -0.05) is 38.8 Å². The van der Waals surface area contributed by atoms with Gasteiger partial charge in [-0.2, -0.15) is 0 Å². The molecular formula is C12H26OSi. The quantitative estimate of drug-likeness (QED) is 0.343. The van der Waals surface area contributed by atoms with Crippen molar-refractivity contribution in [2.45, 2.75) is 51.5 Å². The van der Waals surface area contributed by atoms with E-state index in [9.17, 15) is 0 Å². The normalized spacial score (nSPS) is 11.9. The van der Waals surface area contributed by atoms with E-state index in [1.165, 1.54) is 35.9 Å². The van der Waals surface area contributed by atoms with Crippen LogP contribution in [-0.4, -0.2) is 23.5 Å². The first-order chi connectivity index (χ1) is 6.54. The van der Waals surface area contributed by atoms with Crippen molar-refractivity contribution >= 4 is 10.2 Å². The molecule has 0 aliphatic carbocycles. The Morgan fingerprint density at radius 3 is 2.36 bits per heavy atom. The van der Waals surface area contributed by atoms with Crippen molar-refractivity contribution in [2.75, 3.05) is 13.2 Å². The summed E-state index contributed by atoms with van der Waals surface area (Å²) in [5, 5.41) is 0.659. The molecule has 0 bridgehead atoms. The van der Waals surface area contributed by atoms with E-state index < -0.39 is 0 Å². The summed E-state index contributed by atoms with van der Waals surface area (Å²) in [7, 11) is 1.31. The lowest BCUT2D eigenvalue weighted by Gasteiger charge is -2.26. The van der Waals surface area contributed by atoms with Crippen LogP contribution in [0.1, 0.15) is 46.5 Å². The van der Waals surface area contributed by atoms with Gasteiger partial charge in [0.1, 0.15) is 0 Å². The lowest BCUT2D eigenvalue weighted by molar-refractivity contribution is 0.148. The van der Waals surface area contributed by atoms with Crippen molar-refractivity contribution in [2.24, 2.45) is 0 Å². The molecule has 0 saturated carbocycles. The second-order valence-corrected chi connectivity index (χ2v) is 6.75. The lowest BCUT2D eigenvalue weighted by atomic mass is 9.96. The van der Waals surface area contributed by atoms with Crippen molar-refractivity contribution in [3.8, 4) is 0 Å². The molecule has 0 spiro atoms. The fourth-order valence-electron chi connectivity index (χ4n) is 1.45. The van der Waals surface area contributed by atoms with Crippen LogP contribution in [0.3, 0.4) is 0 Å². The molecule has 0 aromatic rings. The molecule has 0 aliphatic rings. The zero-order chi connectivity index (χ0) is 11.0. The molecule has 1 nitrogen and oxygen atoms in total. The lowest BCUT2D eigenvalue weighted by Crippen LogP contribution is -2.11. The highest BCUT2D eigenvalue weighted by molar-refractivity contribution is 6.15. The van der Waals surface area contributed by atoms with Crippen molar-refractivity contribution in [1.82, 2.24) is 0 Å². The molecule has 0 unspecified atom stereocenters. The summed E-state index contributed by atoms with van der Waals surface area (Å²) in [5.41, 5.74) is 1.12. The van der Waals surface area contributed by atoms with Gasteiger partial charge >= 0.3 is 0 Å². The zero-order valence-corrected chi connectivity index (χ0v) is 12.4. The molecule has 0 N–H and O–H groups in total. The van der Waals surface area contributed by atoms with E-state index in [4.69, 9.17) is 4.74 Å². The van der Waals surface area contributed by atoms with E-state index in [1.54, 1.807) is 0 Å². The Hall–Kier alpha value is -0.0831. The van der Waals surface area contributed by atoms with Gasteiger partial charge in [0.15, 0.2) is 0 Å². The Balaban J connectivity index is 3.47. The summed E-state index contributed by atoms with van der Waals surface area (Å²) < 4.78 is 5.50. The third kappa shape index (κ3) is 6.38. The molecule has 2 heteroatoms. The average molecular weight is 214 g/mol. The van der Waals surface area contributed by atoms with Gasteiger partial charge in [0.05, 0.1) is 6.61 Å². The second kappa shape index (κ2) is 7.24. The van der Waals surface area contributed by atoms with Gasteiger partial charge in [0.2, 0.25) is 0 Å². The van der Waals surface area contributed by atoms with Crippen molar-refractivity contribution in [1.29, 1.82) is 0 Å². The summed E-state index contributed by atoms with van der Waals surface area (Å²) in [6.07, 6.45) is 5.20. The van der Waals surface area contributed by atoms with E-state index in [1.807, 2.05) is 6.92 Å². The predicted octanol–water partition coefficient (Wildman–Crippen LogP) is 2.70. The maximum atomic E-state index is 5.50. The van der Waals surface area contributed by atoms with Crippen molar-refractivity contribution in [3.63, 3.8) is 0 Å². The van der Waals surface area contributed by atoms with Crippen LogP contribution in [0.2, 0.25) is 5.04 Å². The average Bonchev–Trinajstić information content (AvgIpc) is 2.16. The molecule has 0 amide bonds. The SMILES string of the molecule is C=C(C)COCCCC([SiH3])(CC)CC. The molecule has 0 radical (unpaired) electrons. The Morgan fingerprint density at radius 1 is 1.36 bits per heavy atom. The predicted molar refractivity (Wildman–Crippen MR) is 68.1 cm³/mol. The van der Waals surface area contributed by atoms with E-state index >= 15 is 0 Å². The molecule has 0 atom stereocenters. The Kier molecular flexibility index (Phi) is 7.20. The van der Waals surface area contributed by atoms with E-state index in [-0.39, 0.29) is 0 Å². The van der Waals surface area contributed by atoms with Gasteiger partial charge < -0.3 is 4.74 Å². The highest BCUT2D eigenvalue weighted by Crippen LogP contribution is 2.35. The van der Waals surface area contributed by atoms with Crippen LogP contribution in [0.15, 0.2) is 12.2 Å². The van der Waals surface area contributed by atoms with Crippen molar-refractivity contribution in [3.05, 3.63) is 12.2 Å². The van der Waals surface area contributed by atoms with Gasteiger partial charge in [0.25, 0.3) is 0 Å². The Bertz CT molecular complexity index is 162. The zero-order valence-electron chi connectivity index (χ0n) is 10.4. The third-order valence-corrected chi connectivity index (χ3v) is 5.04. The minimum Gasteiger partial charge on any atom is -0.377 e. The standard InChI is InChI=1S/C12H26OSi/c1-5-12(14,6-2)8-7-9-13-10-11(3)4/h3,5-10H2,1-2,4,14H3. The van der Waals surface area contributed by atoms with Crippen molar-refractivity contribution < 1.29 is 4.74 Å². The van der Waals surface area contributed by atoms with E-state index in [2.05, 4.69) is 20.4 Å².